The Bertz CT molecular complexity index is 881. The number of aliphatic hydroxyl groups excluding tert-OH is 1. The molecule has 0 bridgehead atoms. The summed E-state index contributed by atoms with van der Waals surface area (Å²) in [7, 11) is 3.09. The van der Waals surface area contributed by atoms with Crippen molar-refractivity contribution in [1.29, 1.82) is 0 Å². The topological polar surface area (TPSA) is 102 Å². The minimum Gasteiger partial charge on any atom is -0.469 e. The largest absolute Gasteiger partial charge is 0.469 e. The number of carbonyl (C=O) groups is 1. The van der Waals surface area contributed by atoms with Crippen LogP contribution in [0.3, 0.4) is 0 Å². The van der Waals surface area contributed by atoms with Crippen LogP contribution in [0, 0.1) is 12.3 Å². The van der Waals surface area contributed by atoms with Crippen molar-refractivity contribution in [1.82, 2.24) is 0 Å². The second kappa shape index (κ2) is 8.39. The van der Waals surface area contributed by atoms with Crippen molar-refractivity contribution in [3.8, 4) is 0 Å². The highest BCUT2D eigenvalue weighted by molar-refractivity contribution is 6.31. The number of hydrogen-bond acceptors (Lipinski definition) is 6. The van der Waals surface area contributed by atoms with Crippen LogP contribution in [0.25, 0.3) is 0 Å². The van der Waals surface area contributed by atoms with Gasteiger partial charge in [0.05, 0.1) is 30.5 Å². The normalized spacial score (nSPS) is 12.6. The molecular weight excluding hydrogens is 378 g/mol. The Morgan fingerprint density at radius 1 is 1.32 bits per heavy atom. The van der Waals surface area contributed by atoms with E-state index in [9.17, 15) is 9.90 Å². The van der Waals surface area contributed by atoms with E-state index >= 15 is 0 Å². The number of rotatable bonds is 6. The number of halogens is 1. The Labute approximate surface area is 171 Å². The summed E-state index contributed by atoms with van der Waals surface area (Å²) in [6, 6.07) is 9.16. The lowest BCUT2D eigenvalue weighted by atomic mass is 9.69. The van der Waals surface area contributed by atoms with Gasteiger partial charge >= 0.3 is 5.97 Å². The molecule has 0 aliphatic rings. The van der Waals surface area contributed by atoms with Crippen LogP contribution < -0.4 is 16.6 Å². The molecule has 0 aliphatic carbocycles. The minimum atomic E-state index is -0.900. The molecule has 0 spiro atoms. The minimum absolute atomic E-state index is 0.198. The van der Waals surface area contributed by atoms with Gasteiger partial charge in [0.15, 0.2) is 0 Å². The van der Waals surface area contributed by atoms with E-state index in [4.69, 9.17) is 27.9 Å². The third-order valence-electron chi connectivity index (χ3n) is 5.23. The van der Waals surface area contributed by atoms with Gasteiger partial charge in [-0.3, -0.25) is 4.79 Å². The van der Waals surface area contributed by atoms with Crippen molar-refractivity contribution < 1.29 is 14.6 Å². The van der Waals surface area contributed by atoms with Crippen molar-refractivity contribution in [2.24, 2.45) is 11.3 Å². The second-order valence-corrected chi connectivity index (χ2v) is 7.89. The smallest absolute Gasteiger partial charge is 0.312 e. The maximum Gasteiger partial charge on any atom is 0.312 e. The summed E-state index contributed by atoms with van der Waals surface area (Å²) in [6.45, 7) is 5.36. The number of esters is 1. The van der Waals surface area contributed by atoms with Crippen LogP contribution in [0.2, 0.25) is 5.02 Å². The second-order valence-electron chi connectivity index (χ2n) is 7.48. The molecule has 7 heteroatoms. The molecule has 0 saturated heterocycles. The summed E-state index contributed by atoms with van der Waals surface area (Å²) in [5.74, 6) is 5.14. The van der Waals surface area contributed by atoms with Gasteiger partial charge < -0.3 is 20.6 Å². The third-order valence-corrected chi connectivity index (χ3v) is 5.60. The number of anilines is 2. The van der Waals surface area contributed by atoms with Gasteiger partial charge in [0.25, 0.3) is 0 Å². The molecule has 0 unspecified atom stereocenters. The average molecular weight is 406 g/mol. The van der Waals surface area contributed by atoms with Crippen molar-refractivity contribution >= 4 is 28.9 Å². The fourth-order valence-electron chi connectivity index (χ4n) is 3.61. The molecule has 0 saturated carbocycles. The van der Waals surface area contributed by atoms with Gasteiger partial charge in [-0.15, -0.1) is 0 Å². The number of benzene rings is 2. The SMILES string of the molecule is COC(=O)C(C)(C)[C@@H](c1ccc(Cl)c(CO)c1)c1ccc(N(C)N)c(N)c1C. The van der Waals surface area contributed by atoms with Gasteiger partial charge in [-0.25, -0.2) is 5.84 Å². The molecular formula is C21H28ClN3O3. The van der Waals surface area contributed by atoms with Gasteiger partial charge in [-0.2, -0.15) is 0 Å². The lowest BCUT2D eigenvalue weighted by Crippen LogP contribution is -2.34. The molecule has 28 heavy (non-hydrogen) atoms. The number of hydrazine groups is 1. The van der Waals surface area contributed by atoms with Gasteiger partial charge in [0.1, 0.15) is 0 Å². The molecule has 0 aromatic heterocycles. The highest BCUT2D eigenvalue weighted by Gasteiger charge is 2.41. The fourth-order valence-corrected chi connectivity index (χ4v) is 3.79. The fraction of sp³-hybridized carbons (Fsp3) is 0.381. The van der Waals surface area contributed by atoms with Crippen LogP contribution in [-0.4, -0.2) is 25.2 Å². The Balaban J connectivity index is 2.77. The molecule has 2 rings (SSSR count). The number of aliphatic hydroxyl groups is 1. The molecule has 2 aromatic rings. The Morgan fingerprint density at radius 2 is 1.96 bits per heavy atom. The van der Waals surface area contributed by atoms with Crippen molar-refractivity contribution in [2.45, 2.75) is 33.3 Å². The molecule has 0 heterocycles. The predicted octanol–water partition coefficient (Wildman–Crippen LogP) is 3.36. The monoisotopic (exact) mass is 405 g/mol. The maximum atomic E-state index is 12.7. The number of hydrogen-bond donors (Lipinski definition) is 3. The first-order valence-electron chi connectivity index (χ1n) is 8.91. The molecule has 152 valence electrons. The first kappa shape index (κ1) is 22.0. The van der Waals surface area contributed by atoms with Crippen molar-refractivity contribution in [3.63, 3.8) is 0 Å². The summed E-state index contributed by atoms with van der Waals surface area (Å²) in [5.41, 5.74) is 9.81. The number of carbonyl (C=O) groups excluding carboxylic acids is 1. The van der Waals surface area contributed by atoms with E-state index in [1.54, 1.807) is 13.1 Å². The molecule has 6 nitrogen and oxygen atoms in total. The highest BCUT2D eigenvalue weighted by atomic mass is 35.5. The number of nitrogens with two attached hydrogens (primary N) is 2. The molecule has 5 N–H and O–H groups in total. The van der Waals surface area contributed by atoms with Crippen LogP contribution in [-0.2, 0) is 16.1 Å². The number of nitrogen functional groups attached to an aromatic ring is 1. The van der Waals surface area contributed by atoms with Crippen LogP contribution in [0.4, 0.5) is 11.4 Å². The summed E-state index contributed by atoms with van der Waals surface area (Å²) in [4.78, 5) is 12.7. The summed E-state index contributed by atoms with van der Waals surface area (Å²) in [6.07, 6.45) is 0. The lowest BCUT2D eigenvalue weighted by Gasteiger charge is -2.34. The molecule has 0 aliphatic heterocycles. The predicted molar refractivity (Wildman–Crippen MR) is 113 cm³/mol. The van der Waals surface area contributed by atoms with E-state index in [1.807, 2.05) is 45.0 Å². The zero-order chi connectivity index (χ0) is 21.2. The summed E-state index contributed by atoms with van der Waals surface area (Å²) >= 11 is 6.17. The molecule has 0 amide bonds. The standard InChI is InChI=1S/C21H28ClN3O3/c1-12-15(7-9-17(19(12)23)25(4)24)18(21(2,3)20(27)28-5)13-6-8-16(22)14(10-13)11-26/h6-10,18,26H,11,23-24H2,1-5H3/t18-/m0/s1. The van der Waals surface area contributed by atoms with Crippen molar-refractivity contribution in [2.75, 3.05) is 24.9 Å². The van der Waals surface area contributed by atoms with E-state index in [1.165, 1.54) is 12.1 Å². The lowest BCUT2D eigenvalue weighted by molar-refractivity contribution is -0.151. The number of ether oxygens (including phenoxy) is 1. The van der Waals surface area contributed by atoms with E-state index in [-0.39, 0.29) is 18.5 Å². The first-order chi connectivity index (χ1) is 13.1. The number of methoxy groups -OCH3 is 1. The molecule has 0 radical (unpaired) electrons. The first-order valence-corrected chi connectivity index (χ1v) is 9.29. The summed E-state index contributed by atoms with van der Waals surface area (Å²) in [5, 5.41) is 11.6. The molecule has 0 fully saturated rings. The van der Waals surface area contributed by atoms with Gasteiger partial charge in [0, 0.05) is 18.0 Å². The van der Waals surface area contributed by atoms with Crippen molar-refractivity contribution in [3.05, 3.63) is 57.6 Å². The molecule has 2 aromatic carbocycles. The van der Waals surface area contributed by atoms with Crippen LogP contribution in [0.5, 0.6) is 0 Å². The Morgan fingerprint density at radius 3 is 2.50 bits per heavy atom. The van der Waals surface area contributed by atoms with Gasteiger partial charge in [-0.05, 0) is 55.2 Å². The van der Waals surface area contributed by atoms with Gasteiger partial charge in [-0.1, -0.05) is 29.8 Å². The summed E-state index contributed by atoms with van der Waals surface area (Å²) < 4.78 is 5.08. The molecule has 1 atom stereocenters. The zero-order valence-electron chi connectivity index (χ0n) is 16.9. The van der Waals surface area contributed by atoms with E-state index in [2.05, 4.69) is 0 Å². The number of nitrogens with zero attached hydrogens (tertiary/aromatic N) is 1. The van der Waals surface area contributed by atoms with Crippen LogP contribution >= 0.6 is 11.6 Å². The van der Waals surface area contributed by atoms with E-state index < -0.39 is 5.41 Å². The van der Waals surface area contributed by atoms with E-state index in [0.29, 0.717) is 22.0 Å². The maximum absolute atomic E-state index is 12.7. The highest BCUT2D eigenvalue weighted by Crippen LogP contribution is 2.45. The van der Waals surface area contributed by atoms with Crippen LogP contribution in [0.15, 0.2) is 30.3 Å². The average Bonchev–Trinajstić information content (AvgIpc) is 2.65. The van der Waals surface area contributed by atoms with Crippen LogP contribution in [0.1, 0.15) is 42.0 Å². The Hall–Kier alpha value is -2.28. The Kier molecular flexibility index (Phi) is 6.59. The quantitative estimate of drug-likeness (QED) is 0.295. The van der Waals surface area contributed by atoms with Gasteiger partial charge in [0.2, 0.25) is 0 Å². The zero-order valence-corrected chi connectivity index (χ0v) is 17.7. The third kappa shape index (κ3) is 3.94. The van der Waals surface area contributed by atoms with E-state index in [0.717, 1.165) is 16.7 Å².